The lowest BCUT2D eigenvalue weighted by atomic mass is 9.85. The number of aliphatic hydroxyl groups excluding tert-OH is 1. The van der Waals surface area contributed by atoms with Crippen molar-refractivity contribution in [3.8, 4) is 10.4 Å². The lowest BCUT2D eigenvalue weighted by molar-refractivity contribution is -0.144. The Hall–Kier alpha value is -6.60. The largest absolute Gasteiger partial charge is 0.391 e. The summed E-state index contributed by atoms with van der Waals surface area (Å²) in [4.78, 5) is 105. The second kappa shape index (κ2) is 25.0. The molecule has 1 aromatic carbocycles. The second-order valence-electron chi connectivity index (χ2n) is 21.9. The molecule has 4 aromatic heterocycles. The van der Waals surface area contributed by atoms with Crippen LogP contribution in [0.4, 0.5) is 17.5 Å². The molecule has 8 rings (SSSR count). The number of amides is 4. The number of rotatable bonds is 21. The highest BCUT2D eigenvalue weighted by Crippen LogP contribution is 2.33. The smallest absolute Gasteiger partial charge is 0.263 e. The molecule has 3 atom stereocenters. The average Bonchev–Trinajstić information content (AvgIpc) is 4.20. The number of aliphatic hydroxyl groups is 1. The summed E-state index contributed by atoms with van der Waals surface area (Å²) in [5, 5.41) is 20.4. The summed E-state index contributed by atoms with van der Waals surface area (Å²) in [7, 11) is 0. The van der Waals surface area contributed by atoms with Gasteiger partial charge in [-0.2, -0.15) is 4.98 Å². The summed E-state index contributed by atoms with van der Waals surface area (Å²) < 4.78 is 1.70. The van der Waals surface area contributed by atoms with Gasteiger partial charge in [-0.25, -0.2) is 15.0 Å². The lowest BCUT2D eigenvalue weighted by Crippen LogP contribution is -2.57. The number of unbranched alkanes of at least 4 members (excludes halogenated alkanes) is 6. The van der Waals surface area contributed by atoms with Crippen molar-refractivity contribution in [3.05, 3.63) is 87.0 Å². The summed E-state index contributed by atoms with van der Waals surface area (Å²) in [6.07, 6.45) is 13.7. The van der Waals surface area contributed by atoms with E-state index < -0.39 is 23.6 Å². The van der Waals surface area contributed by atoms with Crippen molar-refractivity contribution in [2.24, 2.45) is 5.41 Å². The van der Waals surface area contributed by atoms with Gasteiger partial charge in [0.2, 0.25) is 29.6 Å². The van der Waals surface area contributed by atoms with Gasteiger partial charge in [0.1, 0.15) is 23.5 Å². The van der Waals surface area contributed by atoms with Gasteiger partial charge >= 0.3 is 0 Å². The van der Waals surface area contributed by atoms with E-state index in [4.69, 9.17) is 4.98 Å². The van der Waals surface area contributed by atoms with Crippen LogP contribution in [0.25, 0.3) is 21.5 Å². The molecular formula is C57H75N11O7S. The second-order valence-corrected chi connectivity index (χ2v) is 22.8. The summed E-state index contributed by atoms with van der Waals surface area (Å²) >= 11 is 1.58. The monoisotopic (exact) mass is 1060 g/mol. The van der Waals surface area contributed by atoms with Gasteiger partial charge in [0.15, 0.2) is 5.78 Å². The first-order valence-corrected chi connectivity index (χ1v) is 28.1. The van der Waals surface area contributed by atoms with Crippen LogP contribution in [0, 0.1) is 19.3 Å². The average molecular weight is 1060 g/mol. The van der Waals surface area contributed by atoms with Crippen LogP contribution in [0.1, 0.15) is 151 Å². The number of pyridine rings is 2. The topological polar surface area (TPSA) is 225 Å². The number of carbonyl (C=O) groups is 5. The minimum Gasteiger partial charge on any atom is -0.391 e. The molecule has 3 fully saturated rings. The number of aryl methyl sites for hydroxylation is 2. The van der Waals surface area contributed by atoms with E-state index in [9.17, 15) is 33.9 Å². The molecule has 5 aromatic rings. The number of likely N-dealkylation sites (tertiary alicyclic amines) is 1. The van der Waals surface area contributed by atoms with Crippen LogP contribution in [0.2, 0.25) is 0 Å². The third-order valence-electron chi connectivity index (χ3n) is 15.2. The Labute approximate surface area is 449 Å². The molecule has 3 aliphatic rings. The molecule has 406 valence electrons. The highest BCUT2D eigenvalue weighted by molar-refractivity contribution is 7.13. The quantitative estimate of drug-likeness (QED) is 0.0405. The maximum absolute atomic E-state index is 14.0. The first-order valence-electron chi connectivity index (χ1n) is 27.2. The van der Waals surface area contributed by atoms with E-state index in [-0.39, 0.29) is 72.5 Å². The molecule has 6 heterocycles. The number of anilines is 3. The number of ketones is 1. The van der Waals surface area contributed by atoms with Gasteiger partial charge in [0, 0.05) is 76.2 Å². The zero-order chi connectivity index (χ0) is 54.1. The molecule has 0 unspecified atom stereocenters. The number of aromatic nitrogens is 5. The molecule has 0 radical (unpaired) electrons. The van der Waals surface area contributed by atoms with Crippen molar-refractivity contribution in [1.82, 2.24) is 44.9 Å². The van der Waals surface area contributed by atoms with Crippen molar-refractivity contribution in [3.63, 3.8) is 0 Å². The van der Waals surface area contributed by atoms with Gasteiger partial charge in [0.05, 0.1) is 39.6 Å². The van der Waals surface area contributed by atoms with Crippen molar-refractivity contribution in [2.45, 2.75) is 162 Å². The van der Waals surface area contributed by atoms with E-state index in [2.05, 4.69) is 35.8 Å². The van der Waals surface area contributed by atoms with E-state index in [1.807, 2.05) is 74.5 Å². The van der Waals surface area contributed by atoms with Crippen molar-refractivity contribution in [1.29, 1.82) is 0 Å². The maximum Gasteiger partial charge on any atom is 0.263 e. The minimum atomic E-state index is -0.866. The molecule has 18 nitrogen and oxygen atoms in total. The van der Waals surface area contributed by atoms with Crippen LogP contribution >= 0.6 is 11.3 Å². The Morgan fingerprint density at radius 2 is 1.53 bits per heavy atom. The molecular weight excluding hydrogens is 983 g/mol. The first-order chi connectivity index (χ1) is 36.5. The SMILES string of the molecule is CC(=O)c1c(C)c2cnc(Nc3ccc(N4CCN(C(=O)CCCCCCCCCC(=O)N[C@H](C(=O)N5C[C@H](O)C[C@H]5C(=O)NCc5ccc(-c6scnc6C)cc5)C(C)(C)C)CC4)cn3)nc2n(C2CCCC2)c1=O. The van der Waals surface area contributed by atoms with Crippen LogP contribution in [0.15, 0.2) is 59.1 Å². The zero-order valence-corrected chi connectivity index (χ0v) is 45.8. The number of hydrogen-bond donors (Lipinski definition) is 4. The fourth-order valence-corrected chi connectivity index (χ4v) is 11.7. The highest BCUT2D eigenvalue weighted by Gasteiger charge is 2.44. The number of piperazine rings is 1. The highest BCUT2D eigenvalue weighted by atomic mass is 32.1. The fourth-order valence-electron chi connectivity index (χ4n) is 10.9. The summed E-state index contributed by atoms with van der Waals surface area (Å²) in [5.74, 6) is -0.124. The van der Waals surface area contributed by atoms with Crippen molar-refractivity contribution in [2.75, 3.05) is 42.9 Å². The number of thiazole rings is 1. The number of nitrogens with one attached hydrogen (secondary N) is 3. The molecule has 1 saturated carbocycles. The van der Waals surface area contributed by atoms with Crippen molar-refractivity contribution < 1.29 is 29.1 Å². The van der Waals surface area contributed by atoms with E-state index in [1.54, 1.807) is 35.2 Å². The van der Waals surface area contributed by atoms with Crippen LogP contribution in [0.3, 0.4) is 0 Å². The Bertz CT molecular complexity index is 2920. The number of nitrogens with zero attached hydrogens (tertiary/aromatic N) is 8. The molecule has 1 aliphatic carbocycles. The number of hydrogen-bond acceptors (Lipinski definition) is 14. The van der Waals surface area contributed by atoms with E-state index in [0.717, 1.165) is 91.6 Å². The Balaban J connectivity index is 0.703. The number of β-amino-alcohol motifs (C(OH)–C–C–N with tert-alkyl or cyclic N) is 1. The van der Waals surface area contributed by atoms with E-state index in [1.165, 1.54) is 11.8 Å². The normalized spacial score (nSPS) is 17.5. The van der Waals surface area contributed by atoms with Crippen LogP contribution in [0.5, 0.6) is 0 Å². The van der Waals surface area contributed by atoms with Crippen LogP contribution in [-0.2, 0) is 25.7 Å². The van der Waals surface area contributed by atoms with Gasteiger partial charge in [0.25, 0.3) is 5.56 Å². The van der Waals surface area contributed by atoms with Gasteiger partial charge in [-0.15, -0.1) is 11.3 Å². The van der Waals surface area contributed by atoms with Gasteiger partial charge in [-0.05, 0) is 80.7 Å². The van der Waals surface area contributed by atoms with E-state index in [0.29, 0.717) is 67.4 Å². The molecule has 76 heavy (non-hydrogen) atoms. The van der Waals surface area contributed by atoms with Crippen LogP contribution in [-0.4, -0.2) is 120 Å². The molecule has 4 N–H and O–H groups in total. The molecule has 4 amide bonds. The van der Waals surface area contributed by atoms with Crippen LogP contribution < -0.4 is 26.4 Å². The lowest BCUT2D eigenvalue weighted by Gasteiger charge is -2.36. The van der Waals surface area contributed by atoms with E-state index >= 15 is 0 Å². The Morgan fingerprint density at radius 1 is 0.842 bits per heavy atom. The van der Waals surface area contributed by atoms with Gasteiger partial charge in [-0.1, -0.05) is 90.0 Å². The molecule has 0 spiro atoms. The number of carbonyl (C=O) groups excluding carboxylic acids is 5. The molecule has 2 aliphatic heterocycles. The Kier molecular flexibility index (Phi) is 18.3. The number of Topliss-reactive ketones (excluding diaryl/α,β-unsaturated/α-hetero) is 1. The number of benzene rings is 1. The third kappa shape index (κ3) is 13.5. The molecule has 19 heteroatoms. The third-order valence-corrected chi connectivity index (χ3v) is 16.2. The summed E-state index contributed by atoms with van der Waals surface area (Å²) in [6, 6.07) is 10.1. The molecule has 2 saturated heterocycles. The fraction of sp³-hybridized carbons (Fsp3) is 0.544. The zero-order valence-electron chi connectivity index (χ0n) is 45.0. The predicted molar refractivity (Wildman–Crippen MR) is 296 cm³/mol. The standard InChI is InChI=1S/C57H75N11O7S/c1-36-44-33-60-56(64-52(44)68(41-16-14-15-17-41)54(74)49(36)38(3)69)62-46-25-24-42(32-58-46)65-26-28-66(29-27-65)48(72)19-13-11-9-7-8-10-12-18-47(71)63-51(57(4,5)6)55(75)67-34-43(70)30-45(67)53(73)59-31-39-20-22-40(23-21-39)50-37(2)61-35-76-50/h20-25,32-33,35,41,43,45,51,70H,7-19,26-31,34H2,1-6H3,(H,59,73)(H,63,71)(H,58,60,62,64)/t43-,45+,51-/m1/s1. The first kappa shape index (κ1) is 55.6. The van der Waals surface area contributed by atoms with Gasteiger partial charge in [-0.3, -0.25) is 33.3 Å². The summed E-state index contributed by atoms with van der Waals surface area (Å²) in [5.41, 5.74) is 6.12. The maximum atomic E-state index is 14.0. The Morgan fingerprint density at radius 3 is 2.16 bits per heavy atom. The summed E-state index contributed by atoms with van der Waals surface area (Å²) in [6.45, 7) is 13.8. The predicted octanol–water partition coefficient (Wildman–Crippen LogP) is 7.96. The van der Waals surface area contributed by atoms with Gasteiger partial charge < -0.3 is 35.8 Å². The molecule has 0 bridgehead atoms. The number of fused-ring (bicyclic) bond motifs is 1. The van der Waals surface area contributed by atoms with Crippen molar-refractivity contribution >= 4 is 69.2 Å². The minimum absolute atomic E-state index is 0.00967.